The molecule has 1 unspecified atom stereocenters. The summed E-state index contributed by atoms with van der Waals surface area (Å²) in [5.41, 5.74) is 0. The highest BCUT2D eigenvalue weighted by atomic mass is 16.7. The van der Waals surface area contributed by atoms with Crippen molar-refractivity contribution in [2.24, 2.45) is 0 Å². The summed E-state index contributed by atoms with van der Waals surface area (Å²) in [7, 11) is 0. The molecule has 0 aromatic rings. The number of hydrogen-bond donors (Lipinski definition) is 0. The Bertz CT molecular complexity index is 186. The molecule has 1 heterocycles. The molecule has 1 aliphatic heterocycles. The SMILES string of the molecule is N#CC1CCCN1[N+](=O)[O-]. The van der Waals surface area contributed by atoms with E-state index in [-0.39, 0.29) is 0 Å². The molecule has 1 saturated heterocycles. The Kier molecular flexibility index (Phi) is 1.71. The second-order valence-corrected chi connectivity index (χ2v) is 2.19. The van der Waals surface area contributed by atoms with Crippen LogP contribution in [0.3, 0.4) is 0 Å². The number of nitro groups is 1. The molecule has 54 valence electrons. The van der Waals surface area contributed by atoms with Crippen LogP contribution in [0.1, 0.15) is 12.8 Å². The first-order valence-corrected chi connectivity index (χ1v) is 3.06. The average Bonchev–Trinajstić information content (AvgIpc) is 2.33. The maximum atomic E-state index is 10.2. The van der Waals surface area contributed by atoms with E-state index in [1.54, 1.807) is 0 Å². The third-order valence-electron chi connectivity index (χ3n) is 1.58. The molecule has 0 aromatic carbocycles. The first-order chi connectivity index (χ1) is 4.75. The van der Waals surface area contributed by atoms with Gasteiger partial charge in [-0.2, -0.15) is 5.26 Å². The van der Waals surface area contributed by atoms with E-state index in [1.807, 2.05) is 6.07 Å². The number of nitrogens with zero attached hydrogens (tertiary/aromatic N) is 3. The van der Waals surface area contributed by atoms with Crippen molar-refractivity contribution in [3.05, 3.63) is 10.1 Å². The van der Waals surface area contributed by atoms with Gasteiger partial charge in [-0.3, -0.25) is 0 Å². The highest BCUT2D eigenvalue weighted by molar-refractivity contribution is 4.92. The molecule has 0 bridgehead atoms. The summed E-state index contributed by atoms with van der Waals surface area (Å²) in [5, 5.41) is 19.0. The third-order valence-corrected chi connectivity index (χ3v) is 1.58. The summed E-state index contributed by atoms with van der Waals surface area (Å²) >= 11 is 0. The molecule has 0 aromatic heterocycles. The minimum Gasteiger partial charge on any atom is -0.235 e. The summed E-state index contributed by atoms with van der Waals surface area (Å²) in [5.74, 6) is 0. The van der Waals surface area contributed by atoms with Gasteiger partial charge in [0.25, 0.3) is 0 Å². The van der Waals surface area contributed by atoms with E-state index in [2.05, 4.69) is 0 Å². The van der Waals surface area contributed by atoms with E-state index in [4.69, 9.17) is 5.26 Å². The Morgan fingerprint density at radius 1 is 1.80 bits per heavy atom. The fourth-order valence-electron chi connectivity index (χ4n) is 1.08. The van der Waals surface area contributed by atoms with Crippen molar-refractivity contribution >= 4 is 0 Å². The van der Waals surface area contributed by atoms with Crippen molar-refractivity contribution < 1.29 is 5.03 Å². The van der Waals surface area contributed by atoms with Gasteiger partial charge in [-0.25, -0.2) is 10.1 Å². The van der Waals surface area contributed by atoms with Crippen LogP contribution in [0, 0.1) is 21.4 Å². The van der Waals surface area contributed by atoms with Gasteiger partial charge in [0.05, 0.1) is 12.6 Å². The highest BCUT2D eigenvalue weighted by Crippen LogP contribution is 2.15. The summed E-state index contributed by atoms with van der Waals surface area (Å²) in [6.45, 7) is 0.408. The van der Waals surface area contributed by atoms with E-state index in [9.17, 15) is 10.1 Å². The third kappa shape index (κ3) is 1.00. The summed E-state index contributed by atoms with van der Waals surface area (Å²) in [4.78, 5) is 10.2. The van der Waals surface area contributed by atoms with Gasteiger partial charge in [-0.15, -0.1) is 5.01 Å². The van der Waals surface area contributed by atoms with Crippen molar-refractivity contribution in [2.75, 3.05) is 6.54 Å². The van der Waals surface area contributed by atoms with Gasteiger partial charge in [0.1, 0.15) is 0 Å². The van der Waals surface area contributed by atoms with Crippen LogP contribution in [-0.2, 0) is 0 Å². The zero-order valence-corrected chi connectivity index (χ0v) is 5.36. The monoisotopic (exact) mass is 141 g/mol. The molecule has 5 heteroatoms. The Morgan fingerprint density at radius 2 is 2.50 bits per heavy atom. The van der Waals surface area contributed by atoms with E-state index in [1.165, 1.54) is 0 Å². The van der Waals surface area contributed by atoms with Gasteiger partial charge in [0.15, 0.2) is 11.1 Å². The van der Waals surface area contributed by atoms with Gasteiger partial charge in [-0.1, -0.05) is 0 Å². The van der Waals surface area contributed by atoms with Gasteiger partial charge in [0, 0.05) is 0 Å². The minimum absolute atomic E-state index is 0.408. The number of hydrazine groups is 1. The zero-order chi connectivity index (χ0) is 7.56. The van der Waals surface area contributed by atoms with Crippen LogP contribution >= 0.6 is 0 Å². The van der Waals surface area contributed by atoms with Gasteiger partial charge >= 0.3 is 0 Å². The van der Waals surface area contributed by atoms with Crippen LogP contribution in [0.2, 0.25) is 0 Å². The smallest absolute Gasteiger partial charge is 0.175 e. The molecule has 0 radical (unpaired) electrons. The second-order valence-electron chi connectivity index (χ2n) is 2.19. The van der Waals surface area contributed by atoms with Crippen LogP contribution in [0.25, 0.3) is 0 Å². The number of hydrogen-bond acceptors (Lipinski definition) is 3. The van der Waals surface area contributed by atoms with Crippen molar-refractivity contribution in [3.63, 3.8) is 0 Å². The van der Waals surface area contributed by atoms with Crippen molar-refractivity contribution in [1.29, 1.82) is 5.26 Å². The lowest BCUT2D eigenvalue weighted by atomic mass is 10.2. The molecule has 10 heavy (non-hydrogen) atoms. The topological polar surface area (TPSA) is 70.2 Å². The predicted octanol–water partition coefficient (Wildman–Crippen LogP) is 0.166. The largest absolute Gasteiger partial charge is 0.235 e. The summed E-state index contributed by atoms with van der Waals surface area (Å²) in [6, 6.07) is 1.37. The average molecular weight is 141 g/mol. The first-order valence-electron chi connectivity index (χ1n) is 3.06. The summed E-state index contributed by atoms with van der Waals surface area (Å²) < 4.78 is 0. The van der Waals surface area contributed by atoms with Crippen molar-refractivity contribution in [1.82, 2.24) is 5.01 Å². The van der Waals surface area contributed by atoms with Crippen molar-refractivity contribution in [3.8, 4) is 6.07 Å². The lowest BCUT2D eigenvalue weighted by molar-refractivity contribution is -0.656. The Balaban J connectivity index is 2.61. The fraction of sp³-hybridized carbons (Fsp3) is 0.800. The van der Waals surface area contributed by atoms with Crippen LogP contribution in [-0.4, -0.2) is 22.6 Å². The van der Waals surface area contributed by atoms with Gasteiger partial charge in [-0.05, 0) is 12.8 Å². The molecule has 0 amide bonds. The Morgan fingerprint density at radius 3 is 2.90 bits per heavy atom. The van der Waals surface area contributed by atoms with Crippen molar-refractivity contribution in [2.45, 2.75) is 18.9 Å². The second kappa shape index (κ2) is 2.52. The van der Waals surface area contributed by atoms with Crippen LogP contribution < -0.4 is 0 Å². The quantitative estimate of drug-likeness (QED) is 0.385. The lowest BCUT2D eigenvalue weighted by Crippen LogP contribution is -2.33. The van der Waals surface area contributed by atoms with Gasteiger partial charge in [0.2, 0.25) is 0 Å². The number of rotatable bonds is 1. The molecule has 1 rings (SSSR count). The maximum Gasteiger partial charge on any atom is 0.175 e. The van der Waals surface area contributed by atoms with E-state index in [0.29, 0.717) is 13.0 Å². The van der Waals surface area contributed by atoms with Crippen LogP contribution in [0.5, 0.6) is 0 Å². The molecule has 5 nitrogen and oxygen atoms in total. The lowest BCUT2D eigenvalue weighted by Gasteiger charge is -2.07. The molecular formula is C5H7N3O2. The normalized spacial score (nSPS) is 24.3. The molecule has 0 saturated carbocycles. The molecule has 1 atom stereocenters. The molecule has 1 aliphatic rings. The molecule has 0 aliphatic carbocycles. The summed E-state index contributed by atoms with van der Waals surface area (Å²) in [6.07, 6.45) is 1.37. The predicted molar refractivity (Wildman–Crippen MR) is 32.3 cm³/mol. The zero-order valence-electron chi connectivity index (χ0n) is 5.36. The van der Waals surface area contributed by atoms with Crippen LogP contribution in [0.15, 0.2) is 0 Å². The van der Waals surface area contributed by atoms with Crippen LogP contribution in [0.4, 0.5) is 0 Å². The first kappa shape index (κ1) is 6.81. The molecule has 0 N–H and O–H groups in total. The molecular weight excluding hydrogens is 134 g/mol. The minimum atomic E-state index is -0.505. The molecule has 1 fully saturated rings. The Labute approximate surface area is 58.0 Å². The standard InChI is InChI=1S/C5H7N3O2/c6-4-5-2-1-3-7(5)8(9)10/h5H,1-3H2. The molecule has 0 spiro atoms. The maximum absolute atomic E-state index is 10.2. The highest BCUT2D eigenvalue weighted by Gasteiger charge is 2.31. The van der Waals surface area contributed by atoms with E-state index < -0.39 is 11.1 Å². The Hall–Kier alpha value is -1.31. The van der Waals surface area contributed by atoms with E-state index >= 15 is 0 Å². The number of nitriles is 1. The fourth-order valence-corrected chi connectivity index (χ4v) is 1.08. The van der Waals surface area contributed by atoms with E-state index in [0.717, 1.165) is 11.4 Å². The van der Waals surface area contributed by atoms with Gasteiger partial charge < -0.3 is 0 Å².